The van der Waals surface area contributed by atoms with Crippen molar-refractivity contribution < 1.29 is 23.0 Å². The zero-order chi connectivity index (χ0) is 13.1. The summed E-state index contributed by atoms with van der Waals surface area (Å²) in [5.74, 6) is 0.122. The van der Waals surface area contributed by atoms with Crippen LogP contribution in [0.25, 0.3) is 0 Å². The van der Waals surface area contributed by atoms with Gasteiger partial charge in [0.25, 0.3) is 0 Å². The summed E-state index contributed by atoms with van der Waals surface area (Å²) in [6.45, 7) is -0.259. The van der Waals surface area contributed by atoms with E-state index in [1.807, 2.05) is 0 Å². The Morgan fingerprint density at radius 3 is 2.53 bits per heavy atom. The van der Waals surface area contributed by atoms with Crippen LogP contribution >= 0.6 is 0 Å². The molecule has 96 valence electrons. The highest BCUT2D eigenvalue weighted by molar-refractivity contribution is 5.39. The fourth-order valence-corrected chi connectivity index (χ4v) is 1.53. The molecule has 0 aromatic heterocycles. The van der Waals surface area contributed by atoms with Gasteiger partial charge in [-0.05, 0) is 24.1 Å². The molecule has 0 unspecified atom stereocenters. The molecule has 0 saturated carbocycles. The lowest BCUT2D eigenvalue weighted by molar-refractivity contribution is -0.138. The Morgan fingerprint density at radius 2 is 2.06 bits per heavy atom. The standard InChI is InChI=1S/C11H14F3NO2/c1-17-7-2-3-8(10(15)4-5-16)9(6-7)11(12,13)14/h2-3,6,10,16H,4-5,15H2,1H3/t10-/m0/s1. The van der Waals surface area contributed by atoms with E-state index in [9.17, 15) is 13.2 Å². The number of hydrogen-bond donors (Lipinski definition) is 2. The Kier molecular flexibility index (Phi) is 4.36. The van der Waals surface area contributed by atoms with Crippen LogP contribution < -0.4 is 10.5 Å². The third kappa shape index (κ3) is 3.34. The highest BCUT2D eigenvalue weighted by atomic mass is 19.4. The molecule has 1 aromatic carbocycles. The Hall–Kier alpha value is -1.27. The van der Waals surface area contributed by atoms with Crippen LogP contribution in [0.4, 0.5) is 13.2 Å². The maximum Gasteiger partial charge on any atom is 0.416 e. The van der Waals surface area contributed by atoms with Crippen molar-refractivity contribution in [2.75, 3.05) is 13.7 Å². The van der Waals surface area contributed by atoms with Crippen LogP contribution in [0, 0.1) is 0 Å². The number of ether oxygens (including phenoxy) is 1. The number of nitrogens with two attached hydrogens (primary N) is 1. The molecule has 6 heteroatoms. The summed E-state index contributed by atoms with van der Waals surface area (Å²) < 4.78 is 43.1. The Bertz CT molecular complexity index is 379. The smallest absolute Gasteiger partial charge is 0.416 e. The van der Waals surface area contributed by atoms with Crippen molar-refractivity contribution in [1.29, 1.82) is 0 Å². The van der Waals surface area contributed by atoms with E-state index in [1.54, 1.807) is 0 Å². The van der Waals surface area contributed by atoms with Gasteiger partial charge in [-0.1, -0.05) is 6.07 Å². The first kappa shape index (κ1) is 13.8. The molecule has 0 radical (unpaired) electrons. The molecule has 1 rings (SSSR count). The lowest BCUT2D eigenvalue weighted by Crippen LogP contribution is -2.18. The van der Waals surface area contributed by atoms with Crippen LogP contribution in [0.2, 0.25) is 0 Å². The van der Waals surface area contributed by atoms with Gasteiger partial charge in [0, 0.05) is 12.6 Å². The van der Waals surface area contributed by atoms with Gasteiger partial charge in [-0.15, -0.1) is 0 Å². The molecular weight excluding hydrogens is 235 g/mol. The molecule has 0 aliphatic rings. The molecule has 3 nitrogen and oxygen atoms in total. The van der Waals surface area contributed by atoms with Crippen molar-refractivity contribution in [3.05, 3.63) is 29.3 Å². The first-order valence-corrected chi connectivity index (χ1v) is 5.01. The van der Waals surface area contributed by atoms with Gasteiger partial charge in [-0.25, -0.2) is 0 Å². The monoisotopic (exact) mass is 249 g/mol. The Balaban J connectivity index is 3.20. The molecule has 0 spiro atoms. The summed E-state index contributed by atoms with van der Waals surface area (Å²) in [4.78, 5) is 0. The second kappa shape index (κ2) is 5.37. The van der Waals surface area contributed by atoms with E-state index in [1.165, 1.54) is 19.2 Å². The number of benzene rings is 1. The summed E-state index contributed by atoms with van der Waals surface area (Å²) in [5.41, 5.74) is 4.74. The minimum Gasteiger partial charge on any atom is -0.497 e. The molecule has 3 N–H and O–H groups in total. The molecule has 0 saturated heterocycles. The predicted molar refractivity (Wildman–Crippen MR) is 56.6 cm³/mol. The molecule has 0 amide bonds. The topological polar surface area (TPSA) is 55.5 Å². The number of halogens is 3. The highest BCUT2D eigenvalue weighted by Gasteiger charge is 2.35. The van der Waals surface area contributed by atoms with Crippen molar-refractivity contribution in [2.45, 2.75) is 18.6 Å². The summed E-state index contributed by atoms with van der Waals surface area (Å²) in [5, 5.41) is 8.71. The molecular formula is C11H14F3NO2. The molecule has 0 fully saturated rings. The van der Waals surface area contributed by atoms with Gasteiger partial charge < -0.3 is 15.6 Å². The second-order valence-corrected chi connectivity index (χ2v) is 3.57. The van der Waals surface area contributed by atoms with Crippen LogP contribution in [0.15, 0.2) is 18.2 Å². The van der Waals surface area contributed by atoms with Gasteiger partial charge in [-0.2, -0.15) is 13.2 Å². The van der Waals surface area contributed by atoms with E-state index in [4.69, 9.17) is 15.6 Å². The van der Waals surface area contributed by atoms with E-state index in [0.29, 0.717) is 0 Å². The third-order valence-corrected chi connectivity index (χ3v) is 2.41. The summed E-state index contributed by atoms with van der Waals surface area (Å²) in [6.07, 6.45) is -4.41. The van der Waals surface area contributed by atoms with Crippen molar-refractivity contribution in [2.24, 2.45) is 5.73 Å². The number of aliphatic hydroxyl groups excluding tert-OH is 1. The van der Waals surface area contributed by atoms with Gasteiger partial charge in [0.05, 0.1) is 12.7 Å². The Labute approximate surface area is 97.0 Å². The van der Waals surface area contributed by atoms with Gasteiger partial charge in [0.2, 0.25) is 0 Å². The lowest BCUT2D eigenvalue weighted by atomic mass is 9.98. The second-order valence-electron chi connectivity index (χ2n) is 3.57. The van der Waals surface area contributed by atoms with Crippen molar-refractivity contribution >= 4 is 0 Å². The average Bonchev–Trinajstić information content (AvgIpc) is 2.27. The van der Waals surface area contributed by atoms with Crippen LogP contribution in [-0.4, -0.2) is 18.8 Å². The average molecular weight is 249 g/mol. The summed E-state index contributed by atoms with van der Waals surface area (Å²) in [7, 11) is 1.29. The predicted octanol–water partition coefficient (Wildman–Crippen LogP) is 2.10. The zero-order valence-corrected chi connectivity index (χ0v) is 9.29. The number of aliphatic hydroxyl groups is 1. The molecule has 1 atom stereocenters. The fourth-order valence-electron chi connectivity index (χ4n) is 1.53. The van der Waals surface area contributed by atoms with Gasteiger partial charge in [-0.3, -0.25) is 0 Å². The van der Waals surface area contributed by atoms with E-state index >= 15 is 0 Å². The molecule has 0 bridgehead atoms. The van der Waals surface area contributed by atoms with Crippen molar-refractivity contribution in [3.63, 3.8) is 0 Å². The van der Waals surface area contributed by atoms with Crippen LogP contribution in [0.1, 0.15) is 23.6 Å². The van der Waals surface area contributed by atoms with Crippen molar-refractivity contribution in [1.82, 2.24) is 0 Å². The maximum absolute atomic E-state index is 12.8. The van der Waals surface area contributed by atoms with E-state index < -0.39 is 17.8 Å². The maximum atomic E-state index is 12.8. The molecule has 0 aliphatic heterocycles. The molecule has 0 heterocycles. The summed E-state index contributed by atoms with van der Waals surface area (Å²) >= 11 is 0. The minimum absolute atomic E-state index is 0.0349. The SMILES string of the molecule is COc1ccc([C@@H](N)CCO)c(C(F)(F)F)c1. The normalized spacial score (nSPS) is 13.5. The lowest BCUT2D eigenvalue weighted by Gasteiger charge is -2.18. The Morgan fingerprint density at radius 1 is 1.41 bits per heavy atom. The fraction of sp³-hybridized carbons (Fsp3) is 0.455. The number of rotatable bonds is 4. The largest absolute Gasteiger partial charge is 0.497 e. The number of hydrogen-bond acceptors (Lipinski definition) is 3. The van der Waals surface area contributed by atoms with Gasteiger partial charge >= 0.3 is 6.18 Å². The van der Waals surface area contributed by atoms with Crippen LogP contribution in [0.5, 0.6) is 5.75 Å². The summed E-state index contributed by atoms with van der Waals surface area (Å²) in [6, 6.07) is 2.76. The van der Waals surface area contributed by atoms with Crippen LogP contribution in [-0.2, 0) is 6.18 Å². The zero-order valence-electron chi connectivity index (χ0n) is 9.29. The third-order valence-electron chi connectivity index (χ3n) is 2.41. The van der Waals surface area contributed by atoms with Crippen LogP contribution in [0.3, 0.4) is 0 Å². The minimum atomic E-state index is -4.49. The molecule has 17 heavy (non-hydrogen) atoms. The highest BCUT2D eigenvalue weighted by Crippen LogP contribution is 2.36. The van der Waals surface area contributed by atoms with Crippen molar-refractivity contribution in [3.8, 4) is 5.75 Å². The first-order valence-electron chi connectivity index (χ1n) is 5.01. The van der Waals surface area contributed by atoms with E-state index in [0.717, 1.165) is 6.07 Å². The van der Waals surface area contributed by atoms with Gasteiger partial charge in [0.15, 0.2) is 0 Å². The quantitative estimate of drug-likeness (QED) is 0.859. The van der Waals surface area contributed by atoms with E-state index in [2.05, 4.69) is 0 Å². The van der Waals surface area contributed by atoms with Gasteiger partial charge in [0.1, 0.15) is 5.75 Å². The molecule has 1 aromatic rings. The molecule has 0 aliphatic carbocycles. The number of alkyl halides is 3. The first-order chi connectivity index (χ1) is 7.90. The van der Waals surface area contributed by atoms with E-state index in [-0.39, 0.29) is 24.3 Å². The number of methoxy groups -OCH3 is 1.